The molecule has 0 bridgehead atoms. The third-order valence-corrected chi connectivity index (χ3v) is 4.84. The summed E-state index contributed by atoms with van der Waals surface area (Å²) in [5.74, 6) is 0. The van der Waals surface area contributed by atoms with Crippen LogP contribution in [0.5, 0.6) is 0 Å². The predicted octanol–water partition coefficient (Wildman–Crippen LogP) is 3.95. The van der Waals surface area contributed by atoms with Crippen LogP contribution in [0.4, 0.5) is 11.4 Å². The van der Waals surface area contributed by atoms with E-state index < -0.39 is 0 Å². The van der Waals surface area contributed by atoms with Crippen molar-refractivity contribution in [3.05, 3.63) is 61.2 Å². The molecule has 0 fully saturated rings. The molecule has 0 amide bonds. The van der Waals surface area contributed by atoms with Crippen molar-refractivity contribution < 1.29 is 4.42 Å². The molecule has 3 aromatic rings. The van der Waals surface area contributed by atoms with Crippen LogP contribution >= 0.6 is 0 Å². The Kier molecular flexibility index (Phi) is 2.98. The standard InChI is InChI=1S/C20H20N4O/c1-21-7-9-23(13-21)15-11-17-16-5-3-4-6-19(16)25-20(17)18(12-15)24-10-8-22(2)14-24/h3-12H,13-14H2,1-2H3. The summed E-state index contributed by atoms with van der Waals surface area (Å²) in [7, 11) is 4.16. The summed E-state index contributed by atoms with van der Waals surface area (Å²) >= 11 is 0. The maximum Gasteiger partial charge on any atom is 0.159 e. The average molecular weight is 332 g/mol. The smallest absolute Gasteiger partial charge is 0.159 e. The second-order valence-electron chi connectivity index (χ2n) is 6.77. The highest BCUT2D eigenvalue weighted by Gasteiger charge is 2.21. The van der Waals surface area contributed by atoms with Crippen LogP contribution in [-0.4, -0.2) is 37.2 Å². The van der Waals surface area contributed by atoms with E-state index >= 15 is 0 Å². The fourth-order valence-corrected chi connectivity index (χ4v) is 3.56. The summed E-state index contributed by atoms with van der Waals surface area (Å²) < 4.78 is 6.23. The lowest BCUT2D eigenvalue weighted by Crippen LogP contribution is -2.23. The van der Waals surface area contributed by atoms with Gasteiger partial charge in [0.2, 0.25) is 0 Å². The molecule has 1 aromatic heterocycles. The van der Waals surface area contributed by atoms with Gasteiger partial charge in [0.1, 0.15) is 5.58 Å². The van der Waals surface area contributed by atoms with Crippen molar-refractivity contribution in [1.29, 1.82) is 0 Å². The van der Waals surface area contributed by atoms with Crippen LogP contribution in [0, 0.1) is 0 Å². The number of para-hydroxylation sites is 1. The highest BCUT2D eigenvalue weighted by Crippen LogP contribution is 2.40. The van der Waals surface area contributed by atoms with Gasteiger partial charge < -0.3 is 24.0 Å². The number of rotatable bonds is 2. The summed E-state index contributed by atoms with van der Waals surface area (Å²) in [6, 6.07) is 12.7. The highest BCUT2D eigenvalue weighted by molar-refractivity contribution is 6.10. The first-order valence-corrected chi connectivity index (χ1v) is 8.45. The van der Waals surface area contributed by atoms with Crippen molar-refractivity contribution in [2.75, 3.05) is 37.2 Å². The van der Waals surface area contributed by atoms with Crippen LogP contribution in [0.25, 0.3) is 21.9 Å². The third kappa shape index (κ3) is 2.23. The van der Waals surface area contributed by atoms with Crippen LogP contribution in [-0.2, 0) is 0 Å². The zero-order valence-corrected chi connectivity index (χ0v) is 14.4. The van der Waals surface area contributed by atoms with Gasteiger partial charge >= 0.3 is 0 Å². The van der Waals surface area contributed by atoms with Crippen LogP contribution in [0.3, 0.4) is 0 Å². The molecule has 25 heavy (non-hydrogen) atoms. The third-order valence-electron chi connectivity index (χ3n) is 4.84. The number of fused-ring (bicyclic) bond motifs is 3. The van der Waals surface area contributed by atoms with Gasteiger partial charge in [-0.1, -0.05) is 18.2 Å². The fraction of sp³-hybridized carbons (Fsp3) is 0.200. The van der Waals surface area contributed by atoms with Crippen LogP contribution in [0.1, 0.15) is 0 Å². The monoisotopic (exact) mass is 332 g/mol. The number of hydrogen-bond donors (Lipinski definition) is 0. The molecule has 0 saturated heterocycles. The highest BCUT2D eigenvalue weighted by atomic mass is 16.3. The van der Waals surface area contributed by atoms with E-state index in [9.17, 15) is 0 Å². The fourth-order valence-electron chi connectivity index (χ4n) is 3.56. The molecule has 5 heteroatoms. The van der Waals surface area contributed by atoms with Crippen LogP contribution < -0.4 is 9.80 Å². The molecule has 5 rings (SSSR count). The maximum atomic E-state index is 6.23. The molecule has 0 saturated carbocycles. The largest absolute Gasteiger partial charge is 0.454 e. The average Bonchev–Trinajstić information content (AvgIpc) is 3.32. The molecule has 2 aliphatic heterocycles. The van der Waals surface area contributed by atoms with E-state index in [4.69, 9.17) is 4.42 Å². The zero-order valence-electron chi connectivity index (χ0n) is 14.4. The van der Waals surface area contributed by atoms with Gasteiger partial charge in [-0.25, -0.2) is 0 Å². The van der Waals surface area contributed by atoms with Gasteiger partial charge in [-0.3, -0.25) is 0 Å². The number of anilines is 2. The minimum absolute atomic E-state index is 0.825. The van der Waals surface area contributed by atoms with Crippen molar-refractivity contribution >= 4 is 33.3 Å². The second-order valence-corrected chi connectivity index (χ2v) is 6.77. The van der Waals surface area contributed by atoms with E-state index in [1.807, 2.05) is 12.1 Å². The van der Waals surface area contributed by atoms with Crippen molar-refractivity contribution in [1.82, 2.24) is 9.80 Å². The van der Waals surface area contributed by atoms with Crippen molar-refractivity contribution in [3.8, 4) is 0 Å². The molecular weight excluding hydrogens is 312 g/mol. The molecule has 0 N–H and O–H groups in total. The van der Waals surface area contributed by atoms with E-state index in [1.165, 1.54) is 5.69 Å². The van der Waals surface area contributed by atoms with Crippen molar-refractivity contribution in [3.63, 3.8) is 0 Å². The Balaban J connectivity index is 1.75. The minimum Gasteiger partial charge on any atom is -0.454 e. The summed E-state index contributed by atoms with van der Waals surface area (Å²) in [4.78, 5) is 8.82. The molecule has 0 spiro atoms. The summed E-state index contributed by atoms with van der Waals surface area (Å²) in [5, 5.41) is 2.32. The quantitative estimate of drug-likeness (QED) is 0.708. The Hall–Kier alpha value is -3.08. The lowest BCUT2D eigenvalue weighted by molar-refractivity contribution is 0.494. The number of benzene rings is 2. The van der Waals surface area contributed by atoms with E-state index in [0.717, 1.165) is 41.0 Å². The van der Waals surface area contributed by atoms with E-state index in [1.54, 1.807) is 0 Å². The second kappa shape index (κ2) is 5.21. The van der Waals surface area contributed by atoms with E-state index in [0.29, 0.717) is 0 Å². The Morgan fingerprint density at radius 3 is 2.24 bits per heavy atom. The lowest BCUT2D eigenvalue weighted by Gasteiger charge is -2.23. The summed E-state index contributed by atoms with van der Waals surface area (Å²) in [5.41, 5.74) is 4.16. The minimum atomic E-state index is 0.825. The first kappa shape index (κ1) is 14.3. The first-order valence-electron chi connectivity index (χ1n) is 8.45. The molecular formula is C20H20N4O. The molecule has 2 aromatic carbocycles. The number of nitrogens with zero attached hydrogens (tertiary/aromatic N) is 4. The van der Waals surface area contributed by atoms with E-state index in [2.05, 4.69) is 82.8 Å². The molecule has 2 aliphatic rings. The molecule has 0 radical (unpaired) electrons. The summed E-state index contributed by atoms with van der Waals surface area (Å²) in [6.07, 6.45) is 8.42. The number of furan rings is 1. The molecule has 0 atom stereocenters. The molecule has 5 nitrogen and oxygen atoms in total. The lowest BCUT2D eigenvalue weighted by atomic mass is 10.1. The van der Waals surface area contributed by atoms with Gasteiger partial charge in [-0.15, -0.1) is 0 Å². The van der Waals surface area contributed by atoms with Gasteiger partial charge in [0.15, 0.2) is 5.58 Å². The predicted molar refractivity (Wildman–Crippen MR) is 102 cm³/mol. The van der Waals surface area contributed by atoms with Crippen LogP contribution in [0.2, 0.25) is 0 Å². The topological polar surface area (TPSA) is 26.1 Å². The molecule has 126 valence electrons. The first-order chi connectivity index (χ1) is 12.2. The maximum absolute atomic E-state index is 6.23. The van der Waals surface area contributed by atoms with Gasteiger partial charge in [0.25, 0.3) is 0 Å². The Morgan fingerprint density at radius 1 is 0.800 bits per heavy atom. The van der Waals surface area contributed by atoms with Crippen molar-refractivity contribution in [2.24, 2.45) is 0 Å². The summed E-state index contributed by atoms with van der Waals surface area (Å²) in [6.45, 7) is 1.68. The van der Waals surface area contributed by atoms with Gasteiger partial charge in [-0.2, -0.15) is 0 Å². The van der Waals surface area contributed by atoms with Crippen molar-refractivity contribution in [2.45, 2.75) is 0 Å². The van der Waals surface area contributed by atoms with Gasteiger partial charge in [0.05, 0.1) is 19.0 Å². The zero-order chi connectivity index (χ0) is 17.0. The molecule has 0 aliphatic carbocycles. The Bertz CT molecular complexity index is 1020. The van der Waals surface area contributed by atoms with Gasteiger partial charge in [-0.05, 0) is 18.2 Å². The van der Waals surface area contributed by atoms with Gasteiger partial charge in [0, 0.05) is 55.4 Å². The Morgan fingerprint density at radius 2 is 1.52 bits per heavy atom. The van der Waals surface area contributed by atoms with E-state index in [-0.39, 0.29) is 0 Å². The molecule has 0 unspecified atom stereocenters. The normalized spacial score (nSPS) is 17.0. The molecule has 3 heterocycles. The van der Waals surface area contributed by atoms with Crippen LogP contribution in [0.15, 0.2) is 65.6 Å². The number of hydrogen-bond acceptors (Lipinski definition) is 5. The SMILES string of the molecule is CN1C=CN(c2cc(N3C=CN(C)C3)c3oc4ccccc4c3c2)C1. The Labute approximate surface area is 146 Å².